The van der Waals surface area contributed by atoms with E-state index in [0.717, 1.165) is 11.1 Å². The van der Waals surface area contributed by atoms with Crippen molar-refractivity contribution in [3.05, 3.63) is 95.6 Å². The maximum absolute atomic E-state index is 12.8. The van der Waals surface area contributed by atoms with Crippen molar-refractivity contribution in [2.24, 2.45) is 0 Å². The summed E-state index contributed by atoms with van der Waals surface area (Å²) in [6.45, 7) is 4.53. The van der Waals surface area contributed by atoms with Gasteiger partial charge >= 0.3 is 0 Å². The Morgan fingerprint density at radius 3 is 2.16 bits per heavy atom. The minimum Gasteiger partial charge on any atom is -0.492 e. The summed E-state index contributed by atoms with van der Waals surface area (Å²) < 4.78 is 32.8. The van der Waals surface area contributed by atoms with Crippen molar-refractivity contribution in [1.82, 2.24) is 4.31 Å². The number of hydrogen-bond donors (Lipinski definition) is 0. The summed E-state index contributed by atoms with van der Waals surface area (Å²) in [6.07, 6.45) is 0.351. The predicted molar refractivity (Wildman–Crippen MR) is 122 cm³/mol. The van der Waals surface area contributed by atoms with Crippen LogP contribution in [0.5, 0.6) is 5.75 Å². The number of likely N-dealkylation sites (N-methyl/N-ethyl adjacent to an activating group) is 1. The first-order valence-electron chi connectivity index (χ1n) is 10.3. The molecule has 0 N–H and O–H groups in total. The van der Waals surface area contributed by atoms with Crippen molar-refractivity contribution in [1.29, 1.82) is 0 Å². The van der Waals surface area contributed by atoms with Crippen LogP contribution in [0.25, 0.3) is 0 Å². The first-order chi connectivity index (χ1) is 14.9. The Balaban J connectivity index is 1.55. The predicted octanol–water partition coefficient (Wildman–Crippen LogP) is 4.51. The van der Waals surface area contributed by atoms with Gasteiger partial charge in [-0.05, 0) is 48.9 Å². The maximum atomic E-state index is 12.8. The molecule has 0 unspecified atom stereocenters. The zero-order valence-electron chi connectivity index (χ0n) is 17.8. The van der Waals surface area contributed by atoms with Gasteiger partial charge in [0.1, 0.15) is 12.4 Å². The molecule has 0 bridgehead atoms. The summed E-state index contributed by atoms with van der Waals surface area (Å²) in [5.41, 5.74) is 2.60. The van der Waals surface area contributed by atoms with E-state index in [4.69, 9.17) is 4.74 Å². The van der Waals surface area contributed by atoms with Gasteiger partial charge in [-0.25, -0.2) is 8.42 Å². The molecule has 0 saturated carbocycles. The van der Waals surface area contributed by atoms with Gasteiger partial charge in [0.2, 0.25) is 10.0 Å². The molecule has 0 radical (unpaired) electrons. The third-order valence-electron chi connectivity index (χ3n) is 5.00. The number of rotatable bonds is 10. The van der Waals surface area contributed by atoms with Crippen LogP contribution >= 0.6 is 0 Å². The second-order valence-corrected chi connectivity index (χ2v) is 9.21. The summed E-state index contributed by atoms with van der Waals surface area (Å²) in [5.74, 6) is 0.638. The van der Waals surface area contributed by atoms with Gasteiger partial charge in [-0.3, -0.25) is 4.79 Å². The quantitative estimate of drug-likeness (QED) is 0.438. The molecular formula is C25H27NO4S. The highest BCUT2D eigenvalue weighted by atomic mass is 32.2. The van der Waals surface area contributed by atoms with E-state index in [1.165, 1.54) is 4.31 Å². The third-order valence-corrected chi connectivity index (χ3v) is 6.99. The zero-order valence-corrected chi connectivity index (χ0v) is 18.6. The lowest BCUT2D eigenvalue weighted by atomic mass is 10.0. The fraction of sp³-hybridized carbons (Fsp3) is 0.240. The molecule has 0 spiro atoms. The van der Waals surface area contributed by atoms with Crippen LogP contribution in [-0.4, -0.2) is 38.2 Å². The van der Waals surface area contributed by atoms with Crippen molar-refractivity contribution in [3.63, 3.8) is 0 Å². The number of nitrogens with zero attached hydrogens (tertiary/aromatic N) is 1. The molecule has 0 aliphatic heterocycles. The lowest BCUT2D eigenvalue weighted by Gasteiger charge is -2.20. The van der Waals surface area contributed by atoms with Crippen LogP contribution in [0.4, 0.5) is 0 Å². The Bertz CT molecular complexity index is 1090. The Morgan fingerprint density at radius 1 is 0.903 bits per heavy atom. The van der Waals surface area contributed by atoms with Crippen LogP contribution < -0.4 is 4.74 Å². The molecule has 31 heavy (non-hydrogen) atoms. The van der Waals surface area contributed by atoms with Crippen LogP contribution in [0.3, 0.4) is 0 Å². The number of aryl methyl sites for hydroxylation is 1. The molecule has 0 fully saturated rings. The first kappa shape index (κ1) is 22.7. The minimum atomic E-state index is -3.56. The Hall–Kier alpha value is -2.96. The number of carbonyl (C=O) groups is 1. The standard InChI is InChI=1S/C25H27NO4S/c1-3-26(31(28,29)24-15-9-20(2)10-16-24)17-18-30-23-13-11-22(12-14-23)25(27)19-21-7-5-4-6-8-21/h4-16H,3,17-19H2,1-2H3. The van der Waals surface area contributed by atoms with Crippen molar-refractivity contribution in [2.75, 3.05) is 19.7 Å². The molecular weight excluding hydrogens is 410 g/mol. The van der Waals surface area contributed by atoms with Gasteiger partial charge in [0.05, 0.1) is 4.90 Å². The Morgan fingerprint density at radius 2 is 1.55 bits per heavy atom. The highest BCUT2D eigenvalue weighted by Crippen LogP contribution is 2.17. The van der Waals surface area contributed by atoms with E-state index in [-0.39, 0.29) is 23.8 Å². The molecule has 0 amide bonds. The maximum Gasteiger partial charge on any atom is 0.243 e. The molecule has 0 aliphatic rings. The van der Waals surface area contributed by atoms with E-state index in [2.05, 4.69) is 0 Å². The van der Waals surface area contributed by atoms with Gasteiger partial charge in [0.25, 0.3) is 0 Å². The topological polar surface area (TPSA) is 63.7 Å². The average molecular weight is 438 g/mol. The molecule has 3 aromatic rings. The van der Waals surface area contributed by atoms with Crippen molar-refractivity contribution >= 4 is 15.8 Å². The van der Waals surface area contributed by atoms with Crippen molar-refractivity contribution in [2.45, 2.75) is 25.2 Å². The number of hydrogen-bond acceptors (Lipinski definition) is 4. The molecule has 6 heteroatoms. The van der Waals surface area contributed by atoms with E-state index in [9.17, 15) is 13.2 Å². The number of ketones is 1. The van der Waals surface area contributed by atoms with E-state index < -0.39 is 10.0 Å². The summed E-state index contributed by atoms with van der Waals surface area (Å²) in [4.78, 5) is 12.7. The Kier molecular flexibility index (Phi) is 7.60. The van der Waals surface area contributed by atoms with Crippen LogP contribution in [0.2, 0.25) is 0 Å². The molecule has 0 atom stereocenters. The van der Waals surface area contributed by atoms with Gasteiger partial charge in [-0.2, -0.15) is 4.31 Å². The van der Waals surface area contributed by atoms with Gasteiger partial charge in [0.15, 0.2) is 5.78 Å². The van der Waals surface area contributed by atoms with Crippen molar-refractivity contribution < 1.29 is 17.9 Å². The van der Waals surface area contributed by atoms with Crippen molar-refractivity contribution in [3.8, 4) is 5.75 Å². The molecule has 0 heterocycles. The van der Waals surface area contributed by atoms with Gasteiger partial charge in [0, 0.05) is 25.1 Å². The second-order valence-electron chi connectivity index (χ2n) is 7.27. The summed E-state index contributed by atoms with van der Waals surface area (Å²) in [6, 6.07) is 23.4. The number of benzene rings is 3. The number of carbonyl (C=O) groups excluding carboxylic acids is 1. The summed E-state index contributed by atoms with van der Waals surface area (Å²) >= 11 is 0. The molecule has 0 saturated heterocycles. The van der Waals surface area contributed by atoms with Gasteiger partial charge < -0.3 is 4.74 Å². The smallest absolute Gasteiger partial charge is 0.243 e. The fourth-order valence-electron chi connectivity index (χ4n) is 3.19. The number of ether oxygens (including phenoxy) is 1. The SMILES string of the molecule is CCN(CCOc1ccc(C(=O)Cc2ccccc2)cc1)S(=O)(=O)c1ccc(C)cc1. The molecule has 0 aliphatic carbocycles. The van der Waals surface area contributed by atoms with E-state index in [1.807, 2.05) is 37.3 Å². The van der Waals surface area contributed by atoms with Gasteiger partial charge in [-0.1, -0.05) is 55.0 Å². The van der Waals surface area contributed by atoms with Crippen LogP contribution in [0.1, 0.15) is 28.4 Å². The lowest BCUT2D eigenvalue weighted by molar-refractivity contribution is 0.0993. The van der Waals surface area contributed by atoms with E-state index in [1.54, 1.807) is 55.5 Å². The van der Waals surface area contributed by atoms with Crippen LogP contribution in [-0.2, 0) is 16.4 Å². The van der Waals surface area contributed by atoms with E-state index >= 15 is 0 Å². The highest BCUT2D eigenvalue weighted by molar-refractivity contribution is 7.89. The molecule has 5 nitrogen and oxygen atoms in total. The number of sulfonamides is 1. The summed E-state index contributed by atoms with van der Waals surface area (Å²) in [7, 11) is -3.56. The van der Waals surface area contributed by atoms with Crippen LogP contribution in [0.15, 0.2) is 83.8 Å². The molecule has 162 valence electrons. The minimum absolute atomic E-state index is 0.0408. The average Bonchev–Trinajstić information content (AvgIpc) is 2.78. The number of Topliss-reactive ketones (excluding diaryl/α,β-unsaturated/α-hetero) is 1. The molecule has 3 rings (SSSR count). The lowest BCUT2D eigenvalue weighted by Crippen LogP contribution is -2.34. The normalized spacial score (nSPS) is 11.5. The zero-order chi connectivity index (χ0) is 22.3. The van der Waals surface area contributed by atoms with E-state index in [0.29, 0.717) is 24.3 Å². The van der Waals surface area contributed by atoms with Crippen LogP contribution in [0, 0.1) is 6.92 Å². The van der Waals surface area contributed by atoms with Gasteiger partial charge in [-0.15, -0.1) is 0 Å². The molecule has 0 aromatic heterocycles. The second kappa shape index (κ2) is 10.4. The summed E-state index contributed by atoms with van der Waals surface area (Å²) in [5, 5.41) is 0. The first-order valence-corrected chi connectivity index (χ1v) is 11.7. The third kappa shape index (κ3) is 6.03. The molecule has 3 aromatic carbocycles. The largest absolute Gasteiger partial charge is 0.492 e. The Labute approximate surface area is 184 Å². The monoisotopic (exact) mass is 437 g/mol. The highest BCUT2D eigenvalue weighted by Gasteiger charge is 2.22. The fourth-order valence-corrected chi connectivity index (χ4v) is 4.63.